The fraction of sp³-hybridized carbons (Fsp3) is 0.188. The molecule has 0 aromatic heterocycles. The van der Waals surface area contributed by atoms with E-state index in [4.69, 9.17) is 4.74 Å². The van der Waals surface area contributed by atoms with Crippen LogP contribution < -0.4 is 10.1 Å². The molecule has 98 valence electrons. The number of hydrogen-bond acceptors (Lipinski definition) is 2. The van der Waals surface area contributed by atoms with Crippen LogP contribution in [-0.2, 0) is 4.79 Å². The van der Waals surface area contributed by atoms with Crippen LogP contribution in [0.1, 0.15) is 12.5 Å². The summed E-state index contributed by atoms with van der Waals surface area (Å²) in [5.74, 6) is 0.780. The fourth-order valence-corrected chi connectivity index (χ4v) is 2.05. The number of aryl methyl sites for hydroxylation is 1. The zero-order valence-corrected chi connectivity index (χ0v) is 11.4. The molecule has 0 fully saturated rings. The first-order valence-electron chi connectivity index (χ1n) is 6.13. The summed E-state index contributed by atoms with van der Waals surface area (Å²) in [5, 5.41) is 2.79. The Balaban J connectivity index is 2.38. The molecule has 0 unspecified atom stereocenters. The van der Waals surface area contributed by atoms with Crippen molar-refractivity contribution >= 4 is 11.6 Å². The zero-order chi connectivity index (χ0) is 13.8. The molecular formula is C16H17NO2. The van der Waals surface area contributed by atoms with Crippen molar-refractivity contribution in [2.24, 2.45) is 0 Å². The highest BCUT2D eigenvalue weighted by Crippen LogP contribution is 2.28. The molecule has 0 saturated carbocycles. The highest BCUT2D eigenvalue weighted by atomic mass is 16.5. The molecule has 0 saturated heterocycles. The Morgan fingerprint density at radius 1 is 1.16 bits per heavy atom. The van der Waals surface area contributed by atoms with Crippen LogP contribution in [0.4, 0.5) is 5.69 Å². The van der Waals surface area contributed by atoms with E-state index in [1.165, 1.54) is 6.92 Å². The van der Waals surface area contributed by atoms with Crippen molar-refractivity contribution in [3.63, 3.8) is 0 Å². The summed E-state index contributed by atoms with van der Waals surface area (Å²) in [5.41, 5.74) is 4.15. The fourth-order valence-electron chi connectivity index (χ4n) is 2.05. The van der Waals surface area contributed by atoms with Gasteiger partial charge in [0, 0.05) is 12.6 Å². The monoisotopic (exact) mass is 255 g/mol. The van der Waals surface area contributed by atoms with Crippen LogP contribution in [0, 0.1) is 6.92 Å². The number of rotatable bonds is 3. The maximum Gasteiger partial charge on any atom is 0.221 e. The van der Waals surface area contributed by atoms with Gasteiger partial charge in [-0.3, -0.25) is 4.79 Å². The predicted octanol–water partition coefficient (Wildman–Crippen LogP) is 3.63. The summed E-state index contributed by atoms with van der Waals surface area (Å²) >= 11 is 0. The predicted molar refractivity (Wildman–Crippen MR) is 77.5 cm³/mol. The molecule has 0 aliphatic heterocycles. The van der Waals surface area contributed by atoms with E-state index in [0.29, 0.717) is 0 Å². The van der Waals surface area contributed by atoms with Crippen molar-refractivity contribution in [1.82, 2.24) is 0 Å². The lowest BCUT2D eigenvalue weighted by Gasteiger charge is -2.10. The number of amides is 1. The summed E-state index contributed by atoms with van der Waals surface area (Å²) in [4.78, 5) is 11.1. The number of carbonyl (C=O) groups excluding carboxylic acids is 1. The first kappa shape index (κ1) is 13.1. The van der Waals surface area contributed by atoms with E-state index < -0.39 is 0 Å². The van der Waals surface area contributed by atoms with E-state index in [2.05, 4.69) is 5.32 Å². The highest BCUT2D eigenvalue weighted by Gasteiger charge is 2.05. The minimum Gasteiger partial charge on any atom is -0.497 e. The highest BCUT2D eigenvalue weighted by molar-refractivity contribution is 5.89. The molecule has 3 nitrogen and oxygen atoms in total. The smallest absolute Gasteiger partial charge is 0.221 e. The number of benzene rings is 2. The number of carbonyl (C=O) groups is 1. The Morgan fingerprint density at radius 3 is 2.58 bits per heavy atom. The Labute approximate surface area is 113 Å². The average molecular weight is 255 g/mol. The van der Waals surface area contributed by atoms with Crippen LogP contribution >= 0.6 is 0 Å². The minimum atomic E-state index is -0.0661. The van der Waals surface area contributed by atoms with Crippen LogP contribution in [0.2, 0.25) is 0 Å². The Hall–Kier alpha value is -2.29. The quantitative estimate of drug-likeness (QED) is 0.909. The summed E-state index contributed by atoms with van der Waals surface area (Å²) in [7, 11) is 1.66. The maximum atomic E-state index is 11.1. The molecule has 2 rings (SSSR count). The van der Waals surface area contributed by atoms with Gasteiger partial charge in [-0.1, -0.05) is 18.2 Å². The summed E-state index contributed by atoms with van der Waals surface area (Å²) < 4.78 is 5.21. The van der Waals surface area contributed by atoms with Gasteiger partial charge in [-0.2, -0.15) is 0 Å². The van der Waals surface area contributed by atoms with Gasteiger partial charge < -0.3 is 10.1 Å². The van der Waals surface area contributed by atoms with Crippen molar-refractivity contribution in [3.05, 3.63) is 48.0 Å². The third-order valence-corrected chi connectivity index (χ3v) is 2.93. The third-order valence-electron chi connectivity index (χ3n) is 2.93. The van der Waals surface area contributed by atoms with E-state index in [1.54, 1.807) is 7.11 Å². The number of hydrogen-bond donors (Lipinski definition) is 1. The van der Waals surface area contributed by atoms with Gasteiger partial charge >= 0.3 is 0 Å². The standard InChI is InChI=1S/C16H17NO2/c1-11-9-15(19-3)7-8-16(11)13-5-4-6-14(10-13)17-12(2)18/h4-10H,1-3H3,(H,17,18). The van der Waals surface area contributed by atoms with Crippen molar-refractivity contribution in [2.45, 2.75) is 13.8 Å². The molecule has 0 spiro atoms. The van der Waals surface area contributed by atoms with Gasteiger partial charge in [0.05, 0.1) is 7.11 Å². The zero-order valence-electron chi connectivity index (χ0n) is 11.4. The van der Waals surface area contributed by atoms with Gasteiger partial charge in [-0.15, -0.1) is 0 Å². The molecule has 2 aromatic carbocycles. The van der Waals surface area contributed by atoms with Gasteiger partial charge in [0.25, 0.3) is 0 Å². The van der Waals surface area contributed by atoms with E-state index in [9.17, 15) is 4.79 Å². The first-order chi connectivity index (χ1) is 9.10. The lowest BCUT2D eigenvalue weighted by atomic mass is 10.00. The van der Waals surface area contributed by atoms with E-state index in [0.717, 1.165) is 28.1 Å². The lowest BCUT2D eigenvalue weighted by Crippen LogP contribution is -2.05. The van der Waals surface area contributed by atoms with Crippen molar-refractivity contribution in [1.29, 1.82) is 0 Å². The van der Waals surface area contributed by atoms with Gasteiger partial charge in [-0.25, -0.2) is 0 Å². The topological polar surface area (TPSA) is 38.3 Å². The summed E-state index contributed by atoms with van der Waals surface area (Å²) in [6, 6.07) is 13.8. The normalized spacial score (nSPS) is 10.1. The van der Waals surface area contributed by atoms with Crippen LogP contribution in [0.3, 0.4) is 0 Å². The van der Waals surface area contributed by atoms with E-state index in [1.807, 2.05) is 49.4 Å². The number of anilines is 1. The molecule has 0 radical (unpaired) electrons. The third kappa shape index (κ3) is 3.13. The number of methoxy groups -OCH3 is 1. The van der Waals surface area contributed by atoms with Gasteiger partial charge in [0.1, 0.15) is 5.75 Å². The molecule has 0 atom stereocenters. The molecule has 0 heterocycles. The number of ether oxygens (including phenoxy) is 1. The lowest BCUT2D eigenvalue weighted by molar-refractivity contribution is -0.114. The van der Waals surface area contributed by atoms with Crippen molar-refractivity contribution in [3.8, 4) is 16.9 Å². The first-order valence-corrected chi connectivity index (χ1v) is 6.13. The van der Waals surface area contributed by atoms with Crippen LogP contribution in [0.25, 0.3) is 11.1 Å². The van der Waals surface area contributed by atoms with Gasteiger partial charge in [0.15, 0.2) is 0 Å². The Morgan fingerprint density at radius 2 is 1.95 bits per heavy atom. The second-order valence-electron chi connectivity index (χ2n) is 4.44. The molecule has 3 heteroatoms. The Kier molecular flexibility index (Phi) is 3.85. The summed E-state index contributed by atoms with van der Waals surface area (Å²) in [6.45, 7) is 3.55. The maximum absolute atomic E-state index is 11.1. The minimum absolute atomic E-state index is 0.0661. The molecule has 1 N–H and O–H groups in total. The van der Waals surface area contributed by atoms with Crippen LogP contribution in [0.15, 0.2) is 42.5 Å². The Bertz CT molecular complexity index is 605. The van der Waals surface area contributed by atoms with Crippen molar-refractivity contribution in [2.75, 3.05) is 12.4 Å². The average Bonchev–Trinajstić information content (AvgIpc) is 2.38. The molecular weight excluding hydrogens is 238 g/mol. The molecule has 19 heavy (non-hydrogen) atoms. The SMILES string of the molecule is COc1ccc(-c2cccc(NC(C)=O)c2)c(C)c1. The molecule has 1 amide bonds. The molecule has 2 aromatic rings. The second kappa shape index (κ2) is 5.57. The van der Waals surface area contributed by atoms with E-state index in [-0.39, 0.29) is 5.91 Å². The van der Waals surface area contributed by atoms with Crippen LogP contribution in [0.5, 0.6) is 5.75 Å². The summed E-state index contributed by atoms with van der Waals surface area (Å²) in [6.07, 6.45) is 0. The van der Waals surface area contributed by atoms with Gasteiger partial charge in [0.2, 0.25) is 5.91 Å². The largest absolute Gasteiger partial charge is 0.497 e. The van der Waals surface area contributed by atoms with Crippen molar-refractivity contribution < 1.29 is 9.53 Å². The molecule has 0 aliphatic rings. The second-order valence-corrected chi connectivity index (χ2v) is 4.44. The molecule has 0 bridgehead atoms. The molecule has 0 aliphatic carbocycles. The van der Waals surface area contributed by atoms with Gasteiger partial charge in [-0.05, 0) is 47.9 Å². The number of nitrogens with one attached hydrogen (secondary N) is 1. The van der Waals surface area contributed by atoms with Crippen LogP contribution in [-0.4, -0.2) is 13.0 Å². The van der Waals surface area contributed by atoms with E-state index >= 15 is 0 Å².